The number of benzene rings is 1. The van der Waals surface area contributed by atoms with Gasteiger partial charge in [0.1, 0.15) is 11.6 Å². The summed E-state index contributed by atoms with van der Waals surface area (Å²) in [6.07, 6.45) is 0. The first-order valence-electron chi connectivity index (χ1n) is 6.39. The molecule has 20 heavy (non-hydrogen) atoms. The highest BCUT2D eigenvalue weighted by Gasteiger charge is 2.27. The van der Waals surface area contributed by atoms with Crippen LogP contribution in [-0.2, 0) is 0 Å². The second-order valence-corrected chi connectivity index (χ2v) is 4.75. The Morgan fingerprint density at radius 1 is 1.45 bits per heavy atom. The number of nitrogens with zero attached hydrogens (tertiary/aromatic N) is 1. The highest BCUT2D eigenvalue weighted by Crippen LogP contribution is 2.22. The van der Waals surface area contributed by atoms with Crippen LogP contribution in [0.5, 0.6) is 0 Å². The van der Waals surface area contributed by atoms with Crippen LogP contribution >= 0.6 is 0 Å². The number of anilines is 1. The fourth-order valence-corrected chi connectivity index (χ4v) is 2.01. The highest BCUT2D eigenvalue weighted by atomic mass is 19.1. The predicted molar refractivity (Wildman–Crippen MR) is 71.2 cm³/mol. The number of halogens is 1. The largest absolute Gasteiger partial charge is 0.445 e. The summed E-state index contributed by atoms with van der Waals surface area (Å²) in [5, 5.41) is 5.62. The average Bonchev–Trinajstić information content (AvgIpc) is 2.72. The van der Waals surface area contributed by atoms with Crippen molar-refractivity contribution in [3.63, 3.8) is 0 Å². The quantitative estimate of drug-likeness (QED) is 0.899. The molecule has 1 saturated heterocycles. The van der Waals surface area contributed by atoms with Gasteiger partial charge in [0.2, 0.25) is 5.89 Å². The zero-order chi connectivity index (χ0) is 14.1. The number of nitrogens with one attached hydrogen (secondary N) is 2. The summed E-state index contributed by atoms with van der Waals surface area (Å²) < 4.78 is 19.0. The number of para-hydroxylation sites is 1. The van der Waals surface area contributed by atoms with E-state index in [9.17, 15) is 9.18 Å². The third-order valence-electron chi connectivity index (χ3n) is 3.28. The third-order valence-corrected chi connectivity index (χ3v) is 3.28. The van der Waals surface area contributed by atoms with Gasteiger partial charge in [0.05, 0.1) is 11.6 Å². The zero-order valence-electron chi connectivity index (χ0n) is 10.9. The first-order chi connectivity index (χ1) is 9.65. The van der Waals surface area contributed by atoms with Crippen LogP contribution in [0.3, 0.4) is 0 Å². The van der Waals surface area contributed by atoms with E-state index in [-0.39, 0.29) is 17.3 Å². The number of carbonyl (C=O) groups excluding carboxylic acids is 1. The van der Waals surface area contributed by atoms with Gasteiger partial charge in [-0.05, 0) is 19.1 Å². The van der Waals surface area contributed by atoms with Crippen molar-refractivity contribution in [2.24, 2.45) is 0 Å². The molecule has 1 fully saturated rings. The summed E-state index contributed by atoms with van der Waals surface area (Å²) in [4.78, 5) is 16.3. The first kappa shape index (κ1) is 12.8. The monoisotopic (exact) mass is 275 g/mol. The normalized spacial score (nSPS) is 14.9. The number of aryl methyl sites for hydroxylation is 1. The molecule has 0 unspecified atom stereocenters. The molecule has 2 N–H and O–H groups in total. The van der Waals surface area contributed by atoms with Crippen molar-refractivity contribution in [2.45, 2.75) is 12.8 Å². The molecular formula is C14H14FN3O2. The van der Waals surface area contributed by atoms with Crippen LogP contribution in [0.15, 0.2) is 28.7 Å². The van der Waals surface area contributed by atoms with Crippen LogP contribution in [0.2, 0.25) is 0 Å². The fraction of sp³-hybridized carbons (Fsp3) is 0.286. The molecule has 0 aliphatic carbocycles. The number of hydrogen-bond acceptors (Lipinski definition) is 4. The molecule has 0 saturated carbocycles. The van der Waals surface area contributed by atoms with Gasteiger partial charge in [-0.3, -0.25) is 4.79 Å². The van der Waals surface area contributed by atoms with Crippen molar-refractivity contribution in [2.75, 3.05) is 18.4 Å². The molecule has 0 radical (unpaired) electrons. The lowest BCUT2D eigenvalue weighted by Crippen LogP contribution is -2.40. The molecule has 3 rings (SSSR count). The van der Waals surface area contributed by atoms with Gasteiger partial charge in [0.25, 0.3) is 5.91 Å². The highest BCUT2D eigenvalue weighted by molar-refractivity contribution is 6.03. The first-order valence-corrected chi connectivity index (χ1v) is 6.39. The number of hydrogen-bond donors (Lipinski definition) is 2. The molecule has 1 aromatic carbocycles. The van der Waals surface area contributed by atoms with E-state index in [1.54, 1.807) is 19.1 Å². The van der Waals surface area contributed by atoms with Crippen LogP contribution in [0.4, 0.5) is 10.1 Å². The molecule has 1 aromatic heterocycles. The van der Waals surface area contributed by atoms with Crippen molar-refractivity contribution in [1.82, 2.24) is 10.3 Å². The number of amides is 1. The summed E-state index contributed by atoms with van der Waals surface area (Å²) >= 11 is 0. The molecule has 1 aliphatic heterocycles. The van der Waals surface area contributed by atoms with Gasteiger partial charge in [-0.15, -0.1) is 0 Å². The molecule has 0 atom stereocenters. The van der Waals surface area contributed by atoms with Gasteiger partial charge >= 0.3 is 0 Å². The van der Waals surface area contributed by atoms with Gasteiger partial charge in [-0.1, -0.05) is 12.1 Å². The maximum absolute atomic E-state index is 13.5. The van der Waals surface area contributed by atoms with E-state index in [1.807, 2.05) is 0 Å². The van der Waals surface area contributed by atoms with Gasteiger partial charge in [0, 0.05) is 13.1 Å². The zero-order valence-corrected chi connectivity index (χ0v) is 10.9. The molecule has 1 amide bonds. The maximum Gasteiger partial charge on any atom is 0.277 e. The van der Waals surface area contributed by atoms with E-state index in [1.165, 1.54) is 12.1 Å². The Bertz CT molecular complexity index is 650. The lowest BCUT2D eigenvalue weighted by Gasteiger charge is -2.23. The van der Waals surface area contributed by atoms with E-state index in [4.69, 9.17) is 4.42 Å². The van der Waals surface area contributed by atoms with Crippen molar-refractivity contribution in [3.05, 3.63) is 47.4 Å². The standard InChI is InChI=1S/C14H14FN3O2/c1-8-12(18-14(20-8)9-6-16-7-9)13(19)17-11-5-3-2-4-10(11)15/h2-5,9,16H,6-7H2,1H3,(H,17,19). The van der Waals surface area contributed by atoms with Gasteiger partial charge in [-0.2, -0.15) is 0 Å². The van der Waals surface area contributed by atoms with Crippen molar-refractivity contribution in [1.29, 1.82) is 0 Å². The summed E-state index contributed by atoms with van der Waals surface area (Å²) in [6.45, 7) is 3.28. The average molecular weight is 275 g/mol. The summed E-state index contributed by atoms with van der Waals surface area (Å²) in [6, 6.07) is 6.00. The van der Waals surface area contributed by atoms with E-state index in [2.05, 4.69) is 15.6 Å². The molecule has 104 valence electrons. The number of aromatic nitrogens is 1. The summed E-state index contributed by atoms with van der Waals surface area (Å²) in [5.41, 5.74) is 0.335. The molecule has 6 heteroatoms. The SMILES string of the molecule is Cc1oc(C2CNC2)nc1C(=O)Nc1ccccc1F. The molecule has 1 aliphatic rings. The lowest BCUT2D eigenvalue weighted by atomic mass is 10.0. The Labute approximate surface area is 115 Å². The van der Waals surface area contributed by atoms with E-state index in [0.717, 1.165) is 13.1 Å². The van der Waals surface area contributed by atoms with Gasteiger partial charge in [-0.25, -0.2) is 9.37 Å². The minimum Gasteiger partial charge on any atom is -0.445 e. The van der Waals surface area contributed by atoms with Crippen molar-refractivity contribution < 1.29 is 13.6 Å². The number of carbonyl (C=O) groups is 1. The third kappa shape index (κ3) is 2.30. The molecule has 5 nitrogen and oxygen atoms in total. The van der Waals surface area contributed by atoms with Crippen LogP contribution in [0, 0.1) is 12.7 Å². The maximum atomic E-state index is 13.5. The smallest absolute Gasteiger partial charge is 0.277 e. The van der Waals surface area contributed by atoms with E-state index >= 15 is 0 Å². The Morgan fingerprint density at radius 2 is 2.20 bits per heavy atom. The molecule has 0 bridgehead atoms. The summed E-state index contributed by atoms with van der Waals surface area (Å²) in [5.74, 6) is 0.268. The Kier molecular flexibility index (Phi) is 3.23. The van der Waals surface area contributed by atoms with Crippen LogP contribution < -0.4 is 10.6 Å². The van der Waals surface area contributed by atoms with Crippen LogP contribution in [0.25, 0.3) is 0 Å². The van der Waals surface area contributed by atoms with Crippen molar-refractivity contribution >= 4 is 11.6 Å². The van der Waals surface area contributed by atoms with Crippen molar-refractivity contribution in [3.8, 4) is 0 Å². The molecule has 0 spiro atoms. The fourth-order valence-electron chi connectivity index (χ4n) is 2.01. The predicted octanol–water partition coefficient (Wildman–Crippen LogP) is 2.06. The Morgan fingerprint density at radius 3 is 2.85 bits per heavy atom. The Hall–Kier alpha value is -2.21. The minimum atomic E-state index is -0.481. The van der Waals surface area contributed by atoms with E-state index < -0.39 is 11.7 Å². The lowest BCUT2D eigenvalue weighted by molar-refractivity contribution is 0.102. The van der Waals surface area contributed by atoms with E-state index in [0.29, 0.717) is 11.7 Å². The minimum absolute atomic E-state index is 0.131. The molecular weight excluding hydrogens is 261 g/mol. The molecule has 2 aromatic rings. The number of rotatable bonds is 3. The van der Waals surface area contributed by atoms with Crippen LogP contribution in [0.1, 0.15) is 28.1 Å². The second-order valence-electron chi connectivity index (χ2n) is 4.75. The topological polar surface area (TPSA) is 67.2 Å². The summed E-state index contributed by atoms with van der Waals surface area (Å²) in [7, 11) is 0. The van der Waals surface area contributed by atoms with Gasteiger partial charge < -0.3 is 15.1 Å². The number of oxazole rings is 1. The molecule has 2 heterocycles. The Balaban J connectivity index is 1.80. The van der Waals surface area contributed by atoms with Crippen LogP contribution in [-0.4, -0.2) is 24.0 Å². The second kappa shape index (κ2) is 5.05. The van der Waals surface area contributed by atoms with Gasteiger partial charge in [0.15, 0.2) is 5.69 Å².